The minimum absolute atomic E-state index is 0.0930. The third-order valence-electron chi connectivity index (χ3n) is 3.37. The first-order chi connectivity index (χ1) is 9.29. The molecule has 0 fully saturated rings. The van der Waals surface area contributed by atoms with Gasteiger partial charge in [-0.15, -0.1) is 0 Å². The molecule has 112 valence electrons. The van der Waals surface area contributed by atoms with Gasteiger partial charge in [-0.1, -0.05) is 57.0 Å². The SMILES string of the molecule is Cc1ccc(C(N)C(=O)NCCCCC(C)(C)C)cc1. The van der Waals surface area contributed by atoms with Crippen LogP contribution in [0.15, 0.2) is 24.3 Å². The van der Waals surface area contributed by atoms with E-state index in [0.717, 1.165) is 18.4 Å². The number of nitrogens with one attached hydrogen (secondary N) is 1. The third-order valence-corrected chi connectivity index (χ3v) is 3.37. The van der Waals surface area contributed by atoms with Crippen molar-refractivity contribution < 1.29 is 4.79 Å². The summed E-state index contributed by atoms with van der Waals surface area (Å²) < 4.78 is 0. The van der Waals surface area contributed by atoms with Crippen LogP contribution in [0.2, 0.25) is 0 Å². The van der Waals surface area contributed by atoms with Crippen molar-refractivity contribution in [1.82, 2.24) is 5.32 Å². The average molecular weight is 276 g/mol. The Kier molecular flexibility index (Phi) is 6.21. The highest BCUT2D eigenvalue weighted by Crippen LogP contribution is 2.21. The van der Waals surface area contributed by atoms with E-state index in [4.69, 9.17) is 5.73 Å². The summed E-state index contributed by atoms with van der Waals surface area (Å²) in [6.45, 7) is 9.43. The van der Waals surface area contributed by atoms with E-state index in [2.05, 4.69) is 26.1 Å². The van der Waals surface area contributed by atoms with Gasteiger partial charge in [0.2, 0.25) is 5.91 Å². The molecule has 20 heavy (non-hydrogen) atoms. The second kappa shape index (κ2) is 7.44. The molecule has 3 N–H and O–H groups in total. The Hall–Kier alpha value is -1.35. The standard InChI is InChI=1S/C17H28N2O/c1-13-7-9-14(10-8-13)15(18)16(20)19-12-6-5-11-17(2,3)4/h7-10,15H,5-6,11-12,18H2,1-4H3,(H,19,20). The predicted molar refractivity (Wildman–Crippen MR) is 84.4 cm³/mol. The molecule has 0 radical (unpaired) electrons. The van der Waals surface area contributed by atoms with Crippen molar-refractivity contribution in [3.05, 3.63) is 35.4 Å². The molecule has 0 aliphatic heterocycles. The maximum absolute atomic E-state index is 12.0. The Bertz CT molecular complexity index is 418. The monoisotopic (exact) mass is 276 g/mol. The number of hydrogen-bond donors (Lipinski definition) is 2. The minimum Gasteiger partial charge on any atom is -0.354 e. The summed E-state index contributed by atoms with van der Waals surface area (Å²) >= 11 is 0. The zero-order valence-electron chi connectivity index (χ0n) is 13.2. The number of rotatable bonds is 6. The van der Waals surface area contributed by atoms with Crippen LogP contribution in [0.1, 0.15) is 57.2 Å². The number of carbonyl (C=O) groups excluding carboxylic acids is 1. The highest BCUT2D eigenvalue weighted by molar-refractivity contribution is 5.82. The minimum atomic E-state index is -0.571. The summed E-state index contributed by atoms with van der Waals surface area (Å²) in [6, 6.07) is 7.22. The van der Waals surface area contributed by atoms with Gasteiger partial charge in [-0.2, -0.15) is 0 Å². The van der Waals surface area contributed by atoms with Gasteiger partial charge in [-0.3, -0.25) is 4.79 Å². The van der Waals surface area contributed by atoms with Crippen LogP contribution in [0.25, 0.3) is 0 Å². The normalized spacial score (nSPS) is 13.1. The fourth-order valence-electron chi connectivity index (χ4n) is 2.03. The van der Waals surface area contributed by atoms with E-state index in [1.807, 2.05) is 31.2 Å². The first-order valence-corrected chi connectivity index (χ1v) is 7.39. The smallest absolute Gasteiger partial charge is 0.241 e. The fourth-order valence-corrected chi connectivity index (χ4v) is 2.03. The Labute approximate surface area is 122 Å². The maximum atomic E-state index is 12.0. The van der Waals surface area contributed by atoms with E-state index in [9.17, 15) is 4.79 Å². The van der Waals surface area contributed by atoms with Gasteiger partial charge >= 0.3 is 0 Å². The van der Waals surface area contributed by atoms with Crippen molar-refractivity contribution in [2.75, 3.05) is 6.54 Å². The number of aryl methyl sites for hydroxylation is 1. The molecule has 1 amide bonds. The second-order valence-electron chi connectivity index (χ2n) is 6.70. The van der Waals surface area contributed by atoms with Gasteiger partial charge in [0, 0.05) is 6.54 Å². The Morgan fingerprint density at radius 2 is 1.80 bits per heavy atom. The summed E-state index contributed by atoms with van der Waals surface area (Å²) in [5.41, 5.74) is 8.36. The topological polar surface area (TPSA) is 55.1 Å². The van der Waals surface area contributed by atoms with Crippen LogP contribution in [-0.4, -0.2) is 12.5 Å². The Morgan fingerprint density at radius 1 is 1.20 bits per heavy atom. The molecule has 0 saturated carbocycles. The fraction of sp³-hybridized carbons (Fsp3) is 0.588. The molecule has 1 atom stereocenters. The number of nitrogens with two attached hydrogens (primary N) is 1. The zero-order chi connectivity index (χ0) is 15.2. The number of carbonyl (C=O) groups is 1. The Morgan fingerprint density at radius 3 is 2.35 bits per heavy atom. The maximum Gasteiger partial charge on any atom is 0.241 e. The lowest BCUT2D eigenvalue weighted by atomic mass is 9.90. The molecule has 1 rings (SSSR count). The van der Waals surface area contributed by atoms with Gasteiger partial charge in [0.1, 0.15) is 6.04 Å². The molecule has 3 heteroatoms. The van der Waals surface area contributed by atoms with Crippen molar-refractivity contribution >= 4 is 5.91 Å². The largest absolute Gasteiger partial charge is 0.354 e. The lowest BCUT2D eigenvalue weighted by molar-refractivity contribution is -0.122. The van der Waals surface area contributed by atoms with Crippen LogP contribution in [0.5, 0.6) is 0 Å². The van der Waals surface area contributed by atoms with Crippen molar-refractivity contribution in [3.8, 4) is 0 Å². The van der Waals surface area contributed by atoms with Gasteiger partial charge in [-0.05, 0) is 30.7 Å². The quantitative estimate of drug-likeness (QED) is 0.783. The number of benzene rings is 1. The summed E-state index contributed by atoms with van der Waals surface area (Å²) in [4.78, 5) is 12.0. The van der Waals surface area contributed by atoms with E-state index in [1.165, 1.54) is 12.0 Å². The van der Waals surface area contributed by atoms with E-state index in [0.29, 0.717) is 12.0 Å². The molecular formula is C17H28N2O. The molecule has 1 aromatic carbocycles. The summed E-state index contributed by atoms with van der Waals surface area (Å²) in [5.74, 6) is -0.0930. The summed E-state index contributed by atoms with van der Waals surface area (Å²) in [6.07, 6.45) is 3.31. The number of unbranched alkanes of at least 4 members (excludes halogenated alkanes) is 1. The van der Waals surface area contributed by atoms with Crippen LogP contribution < -0.4 is 11.1 Å². The predicted octanol–water partition coefficient (Wildman–Crippen LogP) is 3.33. The van der Waals surface area contributed by atoms with Gasteiger partial charge in [0.05, 0.1) is 0 Å². The molecule has 0 bridgehead atoms. The molecular weight excluding hydrogens is 248 g/mol. The van der Waals surface area contributed by atoms with Crippen LogP contribution in [0.4, 0.5) is 0 Å². The molecule has 0 aromatic heterocycles. The van der Waals surface area contributed by atoms with Crippen LogP contribution >= 0.6 is 0 Å². The van der Waals surface area contributed by atoms with E-state index in [1.54, 1.807) is 0 Å². The Balaban J connectivity index is 2.30. The molecule has 0 saturated heterocycles. The van der Waals surface area contributed by atoms with Gasteiger partial charge in [0.15, 0.2) is 0 Å². The first kappa shape index (κ1) is 16.7. The molecule has 1 aromatic rings. The van der Waals surface area contributed by atoms with E-state index in [-0.39, 0.29) is 5.91 Å². The number of amides is 1. The highest BCUT2D eigenvalue weighted by atomic mass is 16.2. The van der Waals surface area contributed by atoms with Crippen LogP contribution in [0.3, 0.4) is 0 Å². The third kappa shape index (κ3) is 6.20. The molecule has 3 nitrogen and oxygen atoms in total. The molecule has 1 unspecified atom stereocenters. The average Bonchev–Trinajstić information content (AvgIpc) is 2.37. The lowest BCUT2D eigenvalue weighted by Crippen LogP contribution is -2.34. The van der Waals surface area contributed by atoms with Gasteiger partial charge < -0.3 is 11.1 Å². The molecule has 0 spiro atoms. The molecule has 0 aliphatic carbocycles. The van der Waals surface area contributed by atoms with Crippen molar-refractivity contribution in [2.24, 2.45) is 11.1 Å². The van der Waals surface area contributed by atoms with Crippen LogP contribution in [-0.2, 0) is 4.79 Å². The van der Waals surface area contributed by atoms with Crippen LogP contribution in [0, 0.1) is 12.3 Å². The highest BCUT2D eigenvalue weighted by Gasteiger charge is 2.15. The zero-order valence-corrected chi connectivity index (χ0v) is 13.2. The summed E-state index contributed by atoms with van der Waals surface area (Å²) in [7, 11) is 0. The van der Waals surface area contributed by atoms with Crippen molar-refractivity contribution in [2.45, 2.75) is 53.0 Å². The van der Waals surface area contributed by atoms with Crippen molar-refractivity contribution in [1.29, 1.82) is 0 Å². The number of hydrogen-bond acceptors (Lipinski definition) is 2. The van der Waals surface area contributed by atoms with Crippen molar-refractivity contribution in [3.63, 3.8) is 0 Å². The molecule has 0 aliphatic rings. The first-order valence-electron chi connectivity index (χ1n) is 7.39. The van der Waals surface area contributed by atoms with Gasteiger partial charge in [-0.25, -0.2) is 0 Å². The lowest BCUT2D eigenvalue weighted by Gasteiger charge is -2.18. The van der Waals surface area contributed by atoms with Gasteiger partial charge in [0.25, 0.3) is 0 Å². The molecule has 0 heterocycles. The summed E-state index contributed by atoms with van der Waals surface area (Å²) in [5, 5.41) is 2.92. The van der Waals surface area contributed by atoms with E-state index < -0.39 is 6.04 Å². The second-order valence-corrected chi connectivity index (χ2v) is 6.70. The van der Waals surface area contributed by atoms with E-state index >= 15 is 0 Å².